The van der Waals surface area contributed by atoms with Crippen LogP contribution in [0.4, 0.5) is 5.69 Å². The molecular weight excluding hydrogens is 378 g/mol. The van der Waals surface area contributed by atoms with Crippen LogP contribution in [0.15, 0.2) is 60.7 Å². The molecule has 144 valence electrons. The van der Waals surface area contributed by atoms with Crippen LogP contribution in [0.3, 0.4) is 0 Å². The monoisotopic (exact) mass is 397 g/mol. The molecule has 0 bridgehead atoms. The molecule has 3 aromatic carbocycles. The summed E-state index contributed by atoms with van der Waals surface area (Å²) in [6.07, 6.45) is -0.257. The largest absolute Gasteiger partial charge is 0.480 e. The lowest BCUT2D eigenvalue weighted by Gasteiger charge is -2.19. The van der Waals surface area contributed by atoms with E-state index in [0.29, 0.717) is 28.4 Å². The van der Waals surface area contributed by atoms with E-state index in [1.807, 2.05) is 49.4 Å². The third-order valence-corrected chi connectivity index (χ3v) is 4.66. The smallest absolute Gasteiger partial charge is 0.337 e. The predicted molar refractivity (Wildman–Crippen MR) is 110 cm³/mol. The van der Waals surface area contributed by atoms with Crippen molar-refractivity contribution in [1.82, 2.24) is 0 Å². The number of rotatable bonds is 6. The van der Waals surface area contributed by atoms with Gasteiger partial charge < -0.3 is 14.8 Å². The minimum Gasteiger partial charge on any atom is -0.480 e. The van der Waals surface area contributed by atoms with Gasteiger partial charge in [-0.3, -0.25) is 4.79 Å². The Bertz CT molecular complexity index is 1010. The number of anilines is 1. The number of carbonyl (C=O) groups is 2. The number of amides is 1. The number of ether oxygens (including phenoxy) is 2. The second-order valence-electron chi connectivity index (χ2n) is 6.17. The van der Waals surface area contributed by atoms with Crippen LogP contribution >= 0.6 is 11.6 Å². The molecule has 5 nitrogen and oxygen atoms in total. The molecule has 0 saturated heterocycles. The highest BCUT2D eigenvalue weighted by Crippen LogP contribution is 2.28. The molecule has 1 N–H and O–H groups in total. The lowest BCUT2D eigenvalue weighted by atomic mass is 10.1. The van der Waals surface area contributed by atoms with Gasteiger partial charge in [-0.15, -0.1) is 0 Å². The van der Waals surface area contributed by atoms with Crippen molar-refractivity contribution >= 4 is 39.9 Å². The number of fused-ring (bicyclic) bond motifs is 1. The molecule has 0 aliphatic heterocycles. The van der Waals surface area contributed by atoms with Crippen LogP contribution in [0.1, 0.15) is 23.7 Å². The number of esters is 1. The van der Waals surface area contributed by atoms with E-state index in [1.54, 1.807) is 0 Å². The normalized spacial score (nSPS) is 11.7. The zero-order valence-corrected chi connectivity index (χ0v) is 16.3. The average molecular weight is 398 g/mol. The lowest BCUT2D eigenvalue weighted by Crippen LogP contribution is -2.32. The molecule has 1 atom stereocenters. The first-order chi connectivity index (χ1) is 13.5. The summed E-state index contributed by atoms with van der Waals surface area (Å²) < 4.78 is 10.7. The highest BCUT2D eigenvalue weighted by atomic mass is 35.5. The molecule has 28 heavy (non-hydrogen) atoms. The highest BCUT2D eigenvalue weighted by Gasteiger charge is 2.21. The number of carbonyl (C=O) groups excluding carboxylic acids is 2. The molecule has 1 amide bonds. The number of nitrogens with one attached hydrogen (secondary N) is 1. The molecule has 0 fully saturated rings. The maximum absolute atomic E-state index is 12.8. The topological polar surface area (TPSA) is 64.6 Å². The molecule has 0 aromatic heterocycles. The first kappa shape index (κ1) is 19.7. The van der Waals surface area contributed by atoms with Gasteiger partial charge in [0.05, 0.1) is 23.4 Å². The van der Waals surface area contributed by atoms with Gasteiger partial charge in [0.2, 0.25) is 0 Å². The van der Waals surface area contributed by atoms with E-state index in [9.17, 15) is 9.59 Å². The summed E-state index contributed by atoms with van der Waals surface area (Å²) in [6.45, 7) is 1.86. The predicted octanol–water partition coefficient (Wildman–Crippen LogP) is 5.08. The fourth-order valence-electron chi connectivity index (χ4n) is 2.85. The van der Waals surface area contributed by atoms with Gasteiger partial charge in [0.15, 0.2) is 6.10 Å². The number of halogens is 1. The standard InChI is InChI=1S/C22H20ClNO4/c1-3-19(28-20-10-6-8-14-7-4-5-9-16(14)20)21(25)24-18-13-15(22(26)27-2)11-12-17(18)23/h4-13,19H,3H2,1-2H3,(H,24,25). The molecular formula is C22H20ClNO4. The van der Waals surface area contributed by atoms with E-state index in [2.05, 4.69) is 5.32 Å². The van der Waals surface area contributed by atoms with Gasteiger partial charge in [-0.05, 0) is 36.1 Å². The average Bonchev–Trinajstić information content (AvgIpc) is 2.72. The fraction of sp³-hybridized carbons (Fsp3) is 0.182. The van der Waals surface area contributed by atoms with Crippen LogP contribution < -0.4 is 10.1 Å². The maximum atomic E-state index is 12.8. The number of methoxy groups -OCH3 is 1. The first-order valence-electron chi connectivity index (χ1n) is 8.86. The minimum absolute atomic E-state index is 0.297. The zero-order valence-electron chi connectivity index (χ0n) is 15.6. The Balaban J connectivity index is 1.82. The number of hydrogen-bond donors (Lipinski definition) is 1. The van der Waals surface area contributed by atoms with Crippen molar-refractivity contribution in [2.75, 3.05) is 12.4 Å². The SMILES string of the molecule is CCC(Oc1cccc2ccccc12)C(=O)Nc1cc(C(=O)OC)ccc1Cl. The summed E-state index contributed by atoms with van der Waals surface area (Å²) in [5.41, 5.74) is 0.625. The summed E-state index contributed by atoms with van der Waals surface area (Å²) in [7, 11) is 1.29. The molecule has 0 radical (unpaired) electrons. The molecule has 0 aliphatic rings. The Morgan fingerprint density at radius 2 is 1.82 bits per heavy atom. The third kappa shape index (κ3) is 4.26. The van der Waals surface area contributed by atoms with E-state index in [4.69, 9.17) is 21.1 Å². The molecule has 0 spiro atoms. The third-order valence-electron chi connectivity index (χ3n) is 4.33. The van der Waals surface area contributed by atoms with Gasteiger partial charge in [-0.1, -0.05) is 54.9 Å². The fourth-order valence-corrected chi connectivity index (χ4v) is 3.02. The van der Waals surface area contributed by atoms with Crippen LogP contribution in [-0.2, 0) is 9.53 Å². The van der Waals surface area contributed by atoms with Gasteiger partial charge in [0.25, 0.3) is 5.91 Å². The summed E-state index contributed by atoms with van der Waals surface area (Å²) in [5, 5.41) is 5.03. The second kappa shape index (κ2) is 8.76. The summed E-state index contributed by atoms with van der Waals surface area (Å²) in [5.74, 6) is -0.222. The molecule has 0 saturated carbocycles. The lowest BCUT2D eigenvalue weighted by molar-refractivity contribution is -0.122. The van der Waals surface area contributed by atoms with Crippen LogP contribution in [0, 0.1) is 0 Å². The number of hydrogen-bond acceptors (Lipinski definition) is 4. The van der Waals surface area contributed by atoms with Gasteiger partial charge in [0.1, 0.15) is 5.75 Å². The summed E-state index contributed by atoms with van der Waals surface area (Å²) in [4.78, 5) is 24.5. The van der Waals surface area contributed by atoms with Crippen molar-refractivity contribution < 1.29 is 19.1 Å². The van der Waals surface area contributed by atoms with E-state index in [-0.39, 0.29) is 5.91 Å². The van der Waals surface area contributed by atoms with Crippen molar-refractivity contribution in [1.29, 1.82) is 0 Å². The van der Waals surface area contributed by atoms with Gasteiger partial charge in [0, 0.05) is 5.39 Å². The van der Waals surface area contributed by atoms with Crippen molar-refractivity contribution in [3.63, 3.8) is 0 Å². The van der Waals surface area contributed by atoms with Crippen molar-refractivity contribution in [2.24, 2.45) is 0 Å². The zero-order chi connectivity index (χ0) is 20.1. The van der Waals surface area contributed by atoms with Crippen LogP contribution in [-0.4, -0.2) is 25.1 Å². The molecule has 0 heterocycles. The van der Waals surface area contributed by atoms with Crippen molar-refractivity contribution in [3.8, 4) is 5.75 Å². The first-order valence-corrected chi connectivity index (χ1v) is 9.24. The van der Waals surface area contributed by atoms with Gasteiger partial charge in [-0.25, -0.2) is 4.79 Å². The molecule has 3 rings (SSSR count). The van der Waals surface area contributed by atoms with E-state index in [1.165, 1.54) is 25.3 Å². The maximum Gasteiger partial charge on any atom is 0.337 e. The summed E-state index contributed by atoms with van der Waals surface area (Å²) in [6, 6.07) is 18.1. The Labute approximate surface area is 168 Å². The minimum atomic E-state index is -0.719. The van der Waals surface area contributed by atoms with E-state index >= 15 is 0 Å². The van der Waals surface area contributed by atoms with E-state index in [0.717, 1.165) is 10.8 Å². The Morgan fingerprint density at radius 1 is 1.07 bits per heavy atom. The molecule has 0 aliphatic carbocycles. The Hall–Kier alpha value is -3.05. The molecule has 3 aromatic rings. The Morgan fingerprint density at radius 3 is 2.57 bits per heavy atom. The van der Waals surface area contributed by atoms with Crippen LogP contribution in [0.5, 0.6) is 5.75 Å². The van der Waals surface area contributed by atoms with Crippen molar-refractivity contribution in [2.45, 2.75) is 19.4 Å². The second-order valence-corrected chi connectivity index (χ2v) is 6.57. The van der Waals surface area contributed by atoms with E-state index < -0.39 is 12.1 Å². The van der Waals surface area contributed by atoms with Crippen LogP contribution in [0.25, 0.3) is 10.8 Å². The van der Waals surface area contributed by atoms with Gasteiger partial charge in [-0.2, -0.15) is 0 Å². The van der Waals surface area contributed by atoms with Crippen LogP contribution in [0.2, 0.25) is 5.02 Å². The number of benzene rings is 3. The Kier molecular flexibility index (Phi) is 6.16. The highest BCUT2D eigenvalue weighted by molar-refractivity contribution is 6.34. The molecule has 1 unspecified atom stereocenters. The van der Waals surface area contributed by atoms with Crippen molar-refractivity contribution in [3.05, 3.63) is 71.2 Å². The quantitative estimate of drug-likeness (QED) is 0.589. The summed E-state index contributed by atoms with van der Waals surface area (Å²) >= 11 is 6.17. The molecule has 6 heteroatoms. The van der Waals surface area contributed by atoms with Gasteiger partial charge >= 0.3 is 5.97 Å².